The smallest absolute Gasteiger partial charge is 0.295 e. The third kappa shape index (κ3) is 2.86. The second kappa shape index (κ2) is 5.16. The molecule has 0 aliphatic carbocycles. The Bertz CT molecular complexity index is 598. The van der Waals surface area contributed by atoms with Crippen LogP contribution in [0, 0.1) is 17.0 Å². The first kappa shape index (κ1) is 13.8. The van der Waals surface area contributed by atoms with Crippen molar-refractivity contribution in [2.75, 3.05) is 17.6 Å². The van der Waals surface area contributed by atoms with Crippen LogP contribution >= 0.6 is 0 Å². The number of nitrogens with zero attached hydrogens (tertiary/aromatic N) is 1. The summed E-state index contributed by atoms with van der Waals surface area (Å²) < 4.78 is 23.4. The maximum absolute atomic E-state index is 11.7. The number of sulfone groups is 1. The van der Waals surface area contributed by atoms with Crippen LogP contribution in [0.1, 0.15) is 18.4 Å². The molecule has 1 heterocycles. The second-order valence-electron chi connectivity index (χ2n) is 4.74. The molecule has 1 aliphatic heterocycles. The van der Waals surface area contributed by atoms with E-state index in [1.807, 2.05) is 0 Å². The standard InChI is InChI=1S/C12H16N2O4S/c1-9-4-2-6-11(12(9)14(15)16)13-8-10-5-3-7-19(10,17)18/h2,4,6,10,13H,3,5,7-8H2,1H3. The molecule has 1 aromatic rings. The van der Waals surface area contributed by atoms with Gasteiger partial charge in [-0.05, 0) is 25.8 Å². The lowest BCUT2D eigenvalue weighted by atomic mass is 10.1. The van der Waals surface area contributed by atoms with E-state index in [1.54, 1.807) is 25.1 Å². The molecular weight excluding hydrogens is 268 g/mol. The Kier molecular flexibility index (Phi) is 3.75. The molecule has 6 nitrogen and oxygen atoms in total. The molecule has 0 saturated carbocycles. The van der Waals surface area contributed by atoms with Gasteiger partial charge >= 0.3 is 0 Å². The molecule has 1 fully saturated rings. The zero-order valence-electron chi connectivity index (χ0n) is 10.6. The first-order valence-electron chi connectivity index (χ1n) is 6.11. The van der Waals surface area contributed by atoms with E-state index in [1.165, 1.54) is 0 Å². The van der Waals surface area contributed by atoms with E-state index in [2.05, 4.69) is 5.32 Å². The van der Waals surface area contributed by atoms with Crippen molar-refractivity contribution in [3.63, 3.8) is 0 Å². The van der Waals surface area contributed by atoms with Gasteiger partial charge in [-0.3, -0.25) is 10.1 Å². The molecule has 2 rings (SSSR count). The van der Waals surface area contributed by atoms with Crippen molar-refractivity contribution >= 4 is 21.2 Å². The summed E-state index contributed by atoms with van der Waals surface area (Å²) in [6, 6.07) is 4.98. The first-order chi connectivity index (χ1) is 8.92. The van der Waals surface area contributed by atoms with E-state index in [9.17, 15) is 18.5 Å². The van der Waals surface area contributed by atoms with Gasteiger partial charge in [0.15, 0.2) is 9.84 Å². The van der Waals surface area contributed by atoms with Gasteiger partial charge < -0.3 is 5.32 Å². The van der Waals surface area contributed by atoms with Gasteiger partial charge in [0.25, 0.3) is 5.69 Å². The highest BCUT2D eigenvalue weighted by Gasteiger charge is 2.31. The molecule has 0 spiro atoms. The molecule has 19 heavy (non-hydrogen) atoms. The van der Waals surface area contributed by atoms with Crippen molar-refractivity contribution in [2.24, 2.45) is 0 Å². The zero-order chi connectivity index (χ0) is 14.0. The fourth-order valence-electron chi connectivity index (χ4n) is 2.36. The maximum atomic E-state index is 11.7. The summed E-state index contributed by atoms with van der Waals surface area (Å²) >= 11 is 0. The van der Waals surface area contributed by atoms with Gasteiger partial charge in [0, 0.05) is 12.1 Å². The minimum atomic E-state index is -3.03. The number of nitro benzene ring substituents is 1. The van der Waals surface area contributed by atoms with Gasteiger partial charge in [0.1, 0.15) is 5.69 Å². The Hall–Kier alpha value is -1.63. The van der Waals surface area contributed by atoms with E-state index >= 15 is 0 Å². The van der Waals surface area contributed by atoms with Gasteiger partial charge in [-0.15, -0.1) is 0 Å². The molecule has 1 aromatic carbocycles. The van der Waals surface area contributed by atoms with Gasteiger partial charge in [-0.25, -0.2) is 8.42 Å². The summed E-state index contributed by atoms with van der Waals surface area (Å²) in [7, 11) is -3.03. The van der Waals surface area contributed by atoms with Gasteiger partial charge in [0.2, 0.25) is 0 Å². The quantitative estimate of drug-likeness (QED) is 0.673. The van der Waals surface area contributed by atoms with E-state index in [4.69, 9.17) is 0 Å². The Morgan fingerprint density at radius 2 is 2.21 bits per heavy atom. The predicted octanol–water partition coefficient (Wildman–Crippen LogP) is 1.89. The van der Waals surface area contributed by atoms with Crippen LogP contribution in [0.4, 0.5) is 11.4 Å². The summed E-state index contributed by atoms with van der Waals surface area (Å²) in [6.07, 6.45) is 1.29. The van der Waals surface area contributed by atoms with Crippen molar-refractivity contribution in [1.29, 1.82) is 0 Å². The van der Waals surface area contributed by atoms with Crippen LogP contribution in [0.3, 0.4) is 0 Å². The topological polar surface area (TPSA) is 89.3 Å². The summed E-state index contributed by atoms with van der Waals surface area (Å²) in [4.78, 5) is 10.6. The van der Waals surface area contributed by atoms with Crippen LogP contribution in [0.5, 0.6) is 0 Å². The number of hydrogen-bond acceptors (Lipinski definition) is 5. The normalized spacial score (nSPS) is 21.2. The molecule has 1 aliphatic rings. The van der Waals surface area contributed by atoms with E-state index in [0.29, 0.717) is 24.1 Å². The molecule has 0 bridgehead atoms. The Morgan fingerprint density at radius 3 is 2.79 bits per heavy atom. The van der Waals surface area contributed by atoms with Gasteiger partial charge in [-0.1, -0.05) is 12.1 Å². The Labute approximate surface area is 111 Å². The predicted molar refractivity (Wildman–Crippen MR) is 73.1 cm³/mol. The first-order valence-corrected chi connectivity index (χ1v) is 7.83. The van der Waals surface area contributed by atoms with Crippen LogP contribution in [0.25, 0.3) is 0 Å². The van der Waals surface area contributed by atoms with Crippen molar-refractivity contribution < 1.29 is 13.3 Å². The lowest BCUT2D eigenvalue weighted by Crippen LogP contribution is -2.25. The number of aryl methyl sites for hydroxylation is 1. The van der Waals surface area contributed by atoms with E-state index in [-0.39, 0.29) is 18.0 Å². The molecule has 104 valence electrons. The minimum absolute atomic E-state index is 0.0119. The zero-order valence-corrected chi connectivity index (χ0v) is 11.4. The summed E-state index contributed by atoms with van der Waals surface area (Å²) in [5.41, 5.74) is 0.953. The number of anilines is 1. The van der Waals surface area contributed by atoms with E-state index < -0.39 is 20.0 Å². The Balaban J connectivity index is 2.16. The summed E-state index contributed by atoms with van der Waals surface area (Å²) in [5.74, 6) is 0.218. The Morgan fingerprint density at radius 1 is 1.47 bits per heavy atom. The summed E-state index contributed by atoms with van der Waals surface area (Å²) in [6.45, 7) is 1.89. The molecule has 1 atom stereocenters. The molecule has 1 unspecified atom stereocenters. The number of hydrogen-bond donors (Lipinski definition) is 1. The highest BCUT2D eigenvalue weighted by atomic mass is 32.2. The lowest BCUT2D eigenvalue weighted by Gasteiger charge is -2.12. The van der Waals surface area contributed by atoms with E-state index in [0.717, 1.165) is 0 Å². The number of nitro groups is 1. The van der Waals surface area contributed by atoms with Crippen LogP contribution in [0.2, 0.25) is 0 Å². The van der Waals surface area contributed by atoms with Crippen molar-refractivity contribution in [2.45, 2.75) is 25.0 Å². The highest BCUT2D eigenvalue weighted by Crippen LogP contribution is 2.29. The third-order valence-electron chi connectivity index (χ3n) is 3.40. The third-order valence-corrected chi connectivity index (χ3v) is 5.68. The van der Waals surface area contributed by atoms with Crippen LogP contribution in [-0.2, 0) is 9.84 Å². The highest BCUT2D eigenvalue weighted by molar-refractivity contribution is 7.92. The molecule has 0 amide bonds. The SMILES string of the molecule is Cc1cccc(NCC2CCCS2(=O)=O)c1[N+](=O)[O-]. The number of nitrogens with one attached hydrogen (secondary N) is 1. The monoisotopic (exact) mass is 284 g/mol. The average Bonchev–Trinajstić information content (AvgIpc) is 2.65. The van der Waals surface area contributed by atoms with Gasteiger partial charge in [-0.2, -0.15) is 0 Å². The van der Waals surface area contributed by atoms with Crippen molar-refractivity contribution in [3.8, 4) is 0 Å². The lowest BCUT2D eigenvalue weighted by molar-refractivity contribution is -0.384. The van der Waals surface area contributed by atoms with Crippen LogP contribution in [-0.4, -0.2) is 30.9 Å². The molecule has 0 radical (unpaired) electrons. The van der Waals surface area contributed by atoms with Gasteiger partial charge in [0.05, 0.1) is 15.9 Å². The van der Waals surface area contributed by atoms with Crippen LogP contribution in [0.15, 0.2) is 18.2 Å². The molecule has 0 aromatic heterocycles. The number of benzene rings is 1. The molecule has 1 saturated heterocycles. The molecular formula is C12H16N2O4S. The fraction of sp³-hybridized carbons (Fsp3) is 0.500. The average molecular weight is 284 g/mol. The number of para-hydroxylation sites is 1. The molecule has 1 N–H and O–H groups in total. The van der Waals surface area contributed by atoms with Crippen LogP contribution < -0.4 is 5.32 Å². The minimum Gasteiger partial charge on any atom is -0.378 e. The largest absolute Gasteiger partial charge is 0.378 e. The maximum Gasteiger partial charge on any atom is 0.295 e. The van der Waals surface area contributed by atoms with Crippen molar-refractivity contribution in [1.82, 2.24) is 0 Å². The fourth-order valence-corrected chi connectivity index (χ4v) is 4.12. The number of rotatable bonds is 4. The van der Waals surface area contributed by atoms with Crippen molar-refractivity contribution in [3.05, 3.63) is 33.9 Å². The molecule has 7 heteroatoms. The second-order valence-corrected chi connectivity index (χ2v) is 7.14. The summed E-state index contributed by atoms with van der Waals surface area (Å²) in [5, 5.41) is 13.5.